The number of aryl methyl sites for hydroxylation is 1. The molecule has 1 N–H and O–H groups in total. The molecule has 108 valence electrons. The second-order valence-electron chi connectivity index (χ2n) is 4.48. The number of rotatable bonds is 3. The molecule has 0 radical (unpaired) electrons. The predicted molar refractivity (Wildman–Crippen MR) is 76.9 cm³/mol. The van der Waals surface area contributed by atoms with Gasteiger partial charge in [0, 0.05) is 11.3 Å². The van der Waals surface area contributed by atoms with Gasteiger partial charge in [-0.3, -0.25) is 4.79 Å². The number of halogens is 1. The summed E-state index contributed by atoms with van der Waals surface area (Å²) in [4.78, 5) is 23.4. The lowest BCUT2D eigenvalue weighted by Crippen LogP contribution is -2.13. The van der Waals surface area contributed by atoms with E-state index in [4.69, 9.17) is 0 Å². The molecule has 0 unspecified atom stereocenters. The maximum absolute atomic E-state index is 13.0. The quantitative estimate of drug-likeness (QED) is 0.882. The van der Waals surface area contributed by atoms with Crippen molar-refractivity contribution in [2.24, 2.45) is 0 Å². The number of carbonyl (C=O) groups excluding carboxylic acids is 2. The van der Waals surface area contributed by atoms with E-state index in [1.165, 1.54) is 49.6 Å². The molecule has 0 heterocycles. The van der Waals surface area contributed by atoms with Crippen molar-refractivity contribution in [2.75, 3.05) is 12.4 Å². The zero-order valence-corrected chi connectivity index (χ0v) is 11.6. The highest BCUT2D eigenvalue weighted by Crippen LogP contribution is 2.17. The average molecular weight is 287 g/mol. The molecule has 0 saturated heterocycles. The summed E-state index contributed by atoms with van der Waals surface area (Å²) in [5.74, 6) is -1.15. The van der Waals surface area contributed by atoms with Crippen LogP contribution in [0.1, 0.15) is 26.3 Å². The third-order valence-electron chi connectivity index (χ3n) is 3.00. The van der Waals surface area contributed by atoms with E-state index < -0.39 is 5.97 Å². The van der Waals surface area contributed by atoms with Gasteiger partial charge >= 0.3 is 5.97 Å². The molecule has 0 spiro atoms. The van der Waals surface area contributed by atoms with Gasteiger partial charge in [0.2, 0.25) is 0 Å². The van der Waals surface area contributed by atoms with Gasteiger partial charge < -0.3 is 10.1 Å². The lowest BCUT2D eigenvalue weighted by molar-refractivity contribution is 0.0600. The second-order valence-corrected chi connectivity index (χ2v) is 4.48. The number of esters is 1. The Morgan fingerprint density at radius 3 is 2.24 bits per heavy atom. The van der Waals surface area contributed by atoms with Crippen LogP contribution in [0.4, 0.5) is 10.1 Å². The van der Waals surface area contributed by atoms with E-state index in [1.807, 2.05) is 0 Å². The number of methoxy groups -OCH3 is 1. The minimum atomic E-state index is -0.462. The van der Waals surface area contributed by atoms with Gasteiger partial charge in [-0.05, 0) is 55.0 Å². The first-order valence-corrected chi connectivity index (χ1v) is 6.27. The highest BCUT2D eigenvalue weighted by molar-refractivity contribution is 6.05. The molecule has 0 aliphatic carbocycles. The number of ether oxygens (including phenoxy) is 1. The monoisotopic (exact) mass is 287 g/mol. The van der Waals surface area contributed by atoms with E-state index in [0.717, 1.165) is 0 Å². The topological polar surface area (TPSA) is 55.4 Å². The van der Waals surface area contributed by atoms with Gasteiger partial charge in [0.05, 0.1) is 12.7 Å². The summed E-state index contributed by atoms with van der Waals surface area (Å²) in [7, 11) is 1.29. The van der Waals surface area contributed by atoms with Crippen LogP contribution in [0.3, 0.4) is 0 Å². The van der Waals surface area contributed by atoms with Crippen molar-refractivity contribution in [3.8, 4) is 0 Å². The summed E-state index contributed by atoms with van der Waals surface area (Å²) in [5, 5.41) is 2.69. The van der Waals surface area contributed by atoms with Crippen LogP contribution in [0.15, 0.2) is 42.5 Å². The Kier molecular flexibility index (Phi) is 4.33. The molecule has 2 aromatic rings. The first-order chi connectivity index (χ1) is 10.0. The minimum absolute atomic E-state index is 0.332. The van der Waals surface area contributed by atoms with Gasteiger partial charge in [-0.1, -0.05) is 0 Å². The standard InChI is InChI=1S/C16H14FNO3/c1-10-9-13(17)7-8-14(10)18-15(19)11-3-5-12(6-4-11)16(20)21-2/h3-9H,1-2H3,(H,18,19). The molecule has 0 bridgehead atoms. The van der Waals surface area contributed by atoms with E-state index in [1.54, 1.807) is 6.92 Å². The largest absolute Gasteiger partial charge is 0.465 e. The van der Waals surface area contributed by atoms with Crippen molar-refractivity contribution < 1.29 is 18.7 Å². The third kappa shape index (κ3) is 3.45. The molecule has 1 amide bonds. The van der Waals surface area contributed by atoms with Crippen molar-refractivity contribution in [3.05, 3.63) is 65.0 Å². The number of carbonyl (C=O) groups is 2. The Balaban J connectivity index is 2.15. The number of nitrogens with one attached hydrogen (secondary N) is 1. The van der Waals surface area contributed by atoms with Crippen LogP contribution < -0.4 is 5.32 Å². The minimum Gasteiger partial charge on any atom is -0.465 e. The SMILES string of the molecule is COC(=O)c1ccc(C(=O)Nc2ccc(F)cc2C)cc1. The molecule has 21 heavy (non-hydrogen) atoms. The van der Waals surface area contributed by atoms with Crippen LogP contribution in [-0.4, -0.2) is 19.0 Å². The van der Waals surface area contributed by atoms with Gasteiger partial charge in [-0.2, -0.15) is 0 Å². The molecule has 0 aromatic heterocycles. The normalized spacial score (nSPS) is 10.0. The zero-order valence-electron chi connectivity index (χ0n) is 11.6. The van der Waals surface area contributed by atoms with Gasteiger partial charge in [0.25, 0.3) is 5.91 Å². The number of anilines is 1. The predicted octanol–water partition coefficient (Wildman–Crippen LogP) is 3.17. The molecule has 5 heteroatoms. The average Bonchev–Trinajstić information content (AvgIpc) is 2.49. The smallest absolute Gasteiger partial charge is 0.337 e. The molecule has 0 aliphatic rings. The molecule has 0 fully saturated rings. The van der Waals surface area contributed by atoms with E-state index in [2.05, 4.69) is 10.1 Å². The molecule has 0 atom stereocenters. The molecule has 4 nitrogen and oxygen atoms in total. The summed E-state index contributed by atoms with van der Waals surface area (Å²) >= 11 is 0. The fourth-order valence-electron chi connectivity index (χ4n) is 1.84. The second kappa shape index (κ2) is 6.17. The summed E-state index contributed by atoms with van der Waals surface area (Å²) in [6, 6.07) is 10.2. The number of hydrogen-bond acceptors (Lipinski definition) is 3. The zero-order chi connectivity index (χ0) is 15.4. The molecular weight excluding hydrogens is 273 g/mol. The van der Waals surface area contributed by atoms with Crippen molar-refractivity contribution in [1.29, 1.82) is 0 Å². The third-order valence-corrected chi connectivity index (χ3v) is 3.00. The molecule has 0 aliphatic heterocycles. The number of benzene rings is 2. The lowest BCUT2D eigenvalue weighted by atomic mass is 10.1. The first-order valence-electron chi connectivity index (χ1n) is 6.27. The highest BCUT2D eigenvalue weighted by Gasteiger charge is 2.10. The Hall–Kier alpha value is -2.69. The maximum atomic E-state index is 13.0. The van der Waals surface area contributed by atoms with Gasteiger partial charge in [0.15, 0.2) is 0 Å². The number of hydrogen-bond donors (Lipinski definition) is 1. The van der Waals surface area contributed by atoms with Crippen LogP contribution in [0.5, 0.6) is 0 Å². The fourth-order valence-corrected chi connectivity index (χ4v) is 1.84. The molecule has 2 rings (SSSR count). The van der Waals surface area contributed by atoms with Gasteiger partial charge in [-0.15, -0.1) is 0 Å². The van der Waals surface area contributed by atoms with Crippen molar-refractivity contribution in [1.82, 2.24) is 0 Å². The van der Waals surface area contributed by atoms with Crippen LogP contribution >= 0.6 is 0 Å². The first kappa shape index (κ1) is 14.7. The van der Waals surface area contributed by atoms with Gasteiger partial charge in [0.1, 0.15) is 5.82 Å². The Morgan fingerprint density at radius 2 is 1.67 bits per heavy atom. The fraction of sp³-hybridized carbons (Fsp3) is 0.125. The Bertz CT molecular complexity index is 680. The van der Waals surface area contributed by atoms with E-state index in [0.29, 0.717) is 22.4 Å². The highest BCUT2D eigenvalue weighted by atomic mass is 19.1. The summed E-state index contributed by atoms with van der Waals surface area (Å²) < 4.78 is 17.6. The van der Waals surface area contributed by atoms with Crippen LogP contribution in [0.2, 0.25) is 0 Å². The van der Waals surface area contributed by atoms with E-state index >= 15 is 0 Å². The van der Waals surface area contributed by atoms with E-state index in [-0.39, 0.29) is 11.7 Å². The van der Waals surface area contributed by atoms with E-state index in [9.17, 15) is 14.0 Å². The molecule has 0 saturated carbocycles. The lowest BCUT2D eigenvalue weighted by Gasteiger charge is -2.08. The Morgan fingerprint density at radius 1 is 1.05 bits per heavy atom. The molecule has 2 aromatic carbocycles. The maximum Gasteiger partial charge on any atom is 0.337 e. The summed E-state index contributed by atoms with van der Waals surface area (Å²) in [6.45, 7) is 1.71. The van der Waals surface area contributed by atoms with Crippen LogP contribution in [0, 0.1) is 12.7 Å². The number of amides is 1. The van der Waals surface area contributed by atoms with Crippen LogP contribution in [-0.2, 0) is 4.74 Å². The van der Waals surface area contributed by atoms with Gasteiger partial charge in [-0.25, -0.2) is 9.18 Å². The van der Waals surface area contributed by atoms with Crippen molar-refractivity contribution >= 4 is 17.6 Å². The summed E-state index contributed by atoms with van der Waals surface area (Å²) in [6.07, 6.45) is 0. The Labute approximate surface area is 121 Å². The summed E-state index contributed by atoms with van der Waals surface area (Å²) in [5.41, 5.74) is 1.94. The van der Waals surface area contributed by atoms with Crippen molar-refractivity contribution in [3.63, 3.8) is 0 Å². The van der Waals surface area contributed by atoms with Crippen molar-refractivity contribution in [2.45, 2.75) is 6.92 Å². The van der Waals surface area contributed by atoms with Crippen LogP contribution in [0.25, 0.3) is 0 Å². The molecular formula is C16H14FNO3.